The van der Waals surface area contributed by atoms with Gasteiger partial charge in [-0.25, -0.2) is 9.98 Å². The molecule has 158 valence electrons. The fourth-order valence-electron chi connectivity index (χ4n) is 2.59. The van der Waals surface area contributed by atoms with Gasteiger partial charge in [-0.15, -0.1) is 11.3 Å². The molecule has 0 aliphatic rings. The highest BCUT2D eigenvalue weighted by molar-refractivity contribution is 7.11. The van der Waals surface area contributed by atoms with Crippen molar-refractivity contribution in [1.29, 1.82) is 0 Å². The number of aromatic nitrogens is 1. The summed E-state index contributed by atoms with van der Waals surface area (Å²) in [6, 6.07) is 8.03. The maximum absolute atomic E-state index is 12.0. The van der Waals surface area contributed by atoms with Gasteiger partial charge in [-0.3, -0.25) is 4.79 Å². The number of carbonyl (C=O) groups excluding carboxylic acids is 1. The monoisotopic (exact) mass is 417 g/mol. The van der Waals surface area contributed by atoms with Gasteiger partial charge in [0.2, 0.25) is 5.91 Å². The molecule has 0 bridgehead atoms. The molecule has 0 aliphatic carbocycles. The van der Waals surface area contributed by atoms with E-state index < -0.39 is 0 Å². The number of likely N-dealkylation sites (N-methyl/N-ethyl adjacent to an activating group) is 2. The van der Waals surface area contributed by atoms with Crippen LogP contribution in [0.4, 0.5) is 0 Å². The zero-order valence-corrected chi connectivity index (χ0v) is 18.8. The number of methoxy groups -OCH3 is 1. The van der Waals surface area contributed by atoms with Gasteiger partial charge in [-0.1, -0.05) is 12.1 Å². The molecule has 0 fully saturated rings. The van der Waals surface area contributed by atoms with Crippen molar-refractivity contribution in [3.05, 3.63) is 45.9 Å². The molecule has 2 rings (SSSR count). The Morgan fingerprint density at radius 3 is 2.52 bits per heavy atom. The minimum absolute atomic E-state index is 0.0246. The highest BCUT2D eigenvalue weighted by Gasteiger charge is 2.10. The Hall–Kier alpha value is -2.61. The van der Waals surface area contributed by atoms with Crippen LogP contribution in [0.25, 0.3) is 0 Å². The number of rotatable bonds is 9. The number of hydrogen-bond donors (Lipinski definition) is 1. The largest absolute Gasteiger partial charge is 0.497 e. The molecule has 29 heavy (non-hydrogen) atoms. The van der Waals surface area contributed by atoms with Crippen molar-refractivity contribution >= 4 is 23.2 Å². The molecule has 1 amide bonds. The quantitative estimate of drug-likeness (QED) is 0.500. The van der Waals surface area contributed by atoms with Gasteiger partial charge in [0.1, 0.15) is 12.3 Å². The predicted molar refractivity (Wildman–Crippen MR) is 119 cm³/mol. The second-order valence-corrected chi connectivity index (χ2v) is 8.31. The van der Waals surface area contributed by atoms with Crippen LogP contribution in [-0.2, 0) is 17.6 Å². The first-order valence-electron chi connectivity index (χ1n) is 9.63. The number of guanidine groups is 1. The molecule has 1 heterocycles. The van der Waals surface area contributed by atoms with Crippen LogP contribution >= 0.6 is 11.3 Å². The number of ether oxygens (including phenoxy) is 1. The number of amides is 1. The van der Waals surface area contributed by atoms with Crippen LogP contribution in [0.15, 0.2) is 35.5 Å². The number of aryl methyl sites for hydroxylation is 1. The third-order valence-corrected chi connectivity index (χ3v) is 5.38. The molecule has 0 radical (unpaired) electrons. The van der Waals surface area contributed by atoms with E-state index >= 15 is 0 Å². The predicted octanol–water partition coefficient (Wildman–Crippen LogP) is 2.21. The van der Waals surface area contributed by atoms with Crippen molar-refractivity contribution in [3.63, 3.8) is 0 Å². The maximum atomic E-state index is 12.0. The van der Waals surface area contributed by atoms with Gasteiger partial charge >= 0.3 is 0 Å². The van der Waals surface area contributed by atoms with Crippen LogP contribution in [0.5, 0.6) is 5.75 Å². The van der Waals surface area contributed by atoms with E-state index in [2.05, 4.69) is 34.3 Å². The van der Waals surface area contributed by atoms with Gasteiger partial charge in [0.25, 0.3) is 0 Å². The van der Waals surface area contributed by atoms with Gasteiger partial charge in [-0.05, 0) is 31.0 Å². The van der Waals surface area contributed by atoms with Crippen LogP contribution in [0, 0.1) is 6.92 Å². The summed E-state index contributed by atoms with van der Waals surface area (Å²) in [4.78, 5) is 25.7. The number of hydrogen-bond acceptors (Lipinski definition) is 5. The number of nitrogens with one attached hydrogen (secondary N) is 1. The average molecular weight is 418 g/mol. The van der Waals surface area contributed by atoms with E-state index in [9.17, 15) is 4.79 Å². The SMILES string of the molecule is COc1ccc(CCNC(=NCC(=O)N(C)C)N(C)CCc2ncc(C)s2)cc1. The molecule has 1 aromatic heterocycles. The van der Waals surface area contributed by atoms with E-state index in [0.29, 0.717) is 0 Å². The molecule has 0 saturated heterocycles. The van der Waals surface area contributed by atoms with Gasteiger partial charge in [0.15, 0.2) is 5.96 Å². The van der Waals surface area contributed by atoms with Gasteiger partial charge in [-0.2, -0.15) is 0 Å². The Kier molecular flexibility index (Phi) is 8.92. The average Bonchev–Trinajstić information content (AvgIpc) is 3.14. The maximum Gasteiger partial charge on any atom is 0.243 e. The molecule has 1 aromatic carbocycles. The summed E-state index contributed by atoms with van der Waals surface area (Å²) >= 11 is 1.71. The molecule has 0 saturated carbocycles. The topological polar surface area (TPSA) is 70.1 Å². The molecule has 0 atom stereocenters. The van der Waals surface area contributed by atoms with Crippen LogP contribution in [-0.4, -0.2) is 74.5 Å². The Labute approximate surface area is 177 Å². The number of nitrogens with zero attached hydrogens (tertiary/aromatic N) is 4. The first-order valence-corrected chi connectivity index (χ1v) is 10.4. The van der Waals surface area contributed by atoms with E-state index in [4.69, 9.17) is 4.74 Å². The van der Waals surface area contributed by atoms with Crippen LogP contribution in [0.2, 0.25) is 0 Å². The highest BCUT2D eigenvalue weighted by atomic mass is 32.1. The van der Waals surface area contributed by atoms with Crippen molar-refractivity contribution in [2.45, 2.75) is 19.8 Å². The second kappa shape index (κ2) is 11.4. The molecular formula is C21H31N5O2S. The fourth-order valence-corrected chi connectivity index (χ4v) is 3.37. The number of carbonyl (C=O) groups is 1. The smallest absolute Gasteiger partial charge is 0.243 e. The molecule has 0 spiro atoms. The minimum atomic E-state index is -0.0246. The minimum Gasteiger partial charge on any atom is -0.497 e. The number of benzene rings is 1. The second-order valence-electron chi connectivity index (χ2n) is 6.99. The Bertz CT molecular complexity index is 802. The van der Waals surface area contributed by atoms with Gasteiger partial charge in [0, 0.05) is 51.7 Å². The molecule has 2 aromatic rings. The van der Waals surface area contributed by atoms with E-state index in [1.165, 1.54) is 10.4 Å². The summed E-state index contributed by atoms with van der Waals surface area (Å²) < 4.78 is 5.20. The summed E-state index contributed by atoms with van der Waals surface area (Å²) in [5.41, 5.74) is 1.21. The lowest BCUT2D eigenvalue weighted by Crippen LogP contribution is -2.41. The Morgan fingerprint density at radius 1 is 1.21 bits per heavy atom. The van der Waals surface area contributed by atoms with Crippen molar-refractivity contribution in [2.75, 3.05) is 47.9 Å². The lowest BCUT2D eigenvalue weighted by Gasteiger charge is -2.22. The van der Waals surface area contributed by atoms with Crippen LogP contribution in [0.1, 0.15) is 15.4 Å². The normalized spacial score (nSPS) is 11.3. The molecule has 7 nitrogen and oxygen atoms in total. The number of aliphatic imine (C=N–C) groups is 1. The third-order valence-electron chi connectivity index (χ3n) is 4.41. The van der Waals surface area contributed by atoms with Crippen molar-refractivity contribution < 1.29 is 9.53 Å². The van der Waals surface area contributed by atoms with Crippen molar-refractivity contribution in [3.8, 4) is 5.75 Å². The summed E-state index contributed by atoms with van der Waals surface area (Å²) in [6.07, 6.45) is 3.60. The van der Waals surface area contributed by atoms with E-state index in [1.54, 1.807) is 37.4 Å². The van der Waals surface area contributed by atoms with E-state index in [0.717, 1.165) is 42.6 Å². The van der Waals surface area contributed by atoms with Crippen molar-refractivity contribution in [1.82, 2.24) is 20.1 Å². The summed E-state index contributed by atoms with van der Waals surface area (Å²) in [7, 11) is 7.13. The summed E-state index contributed by atoms with van der Waals surface area (Å²) in [5.74, 6) is 1.55. The number of thiazole rings is 1. The zero-order chi connectivity index (χ0) is 21.2. The highest BCUT2D eigenvalue weighted by Crippen LogP contribution is 2.12. The molecule has 0 unspecified atom stereocenters. The third kappa shape index (κ3) is 7.73. The summed E-state index contributed by atoms with van der Waals surface area (Å²) in [6.45, 7) is 3.68. The standard InChI is InChI=1S/C21H31N5O2S/c1-16-14-23-19(29-16)11-13-26(4)21(24-15-20(27)25(2)3)22-12-10-17-6-8-18(28-5)9-7-17/h6-9,14H,10-13,15H2,1-5H3,(H,22,24). The first kappa shape index (κ1) is 22.7. The molecule has 0 aliphatic heterocycles. The first-order chi connectivity index (χ1) is 13.9. The van der Waals surface area contributed by atoms with Crippen LogP contribution < -0.4 is 10.1 Å². The Morgan fingerprint density at radius 2 is 1.93 bits per heavy atom. The van der Waals surface area contributed by atoms with E-state index in [1.807, 2.05) is 30.3 Å². The summed E-state index contributed by atoms with van der Waals surface area (Å²) in [5, 5.41) is 4.50. The lowest BCUT2D eigenvalue weighted by atomic mass is 10.1. The molecular weight excluding hydrogens is 386 g/mol. The van der Waals surface area contributed by atoms with Gasteiger partial charge in [0.05, 0.1) is 12.1 Å². The van der Waals surface area contributed by atoms with E-state index in [-0.39, 0.29) is 12.5 Å². The molecule has 8 heteroatoms. The van der Waals surface area contributed by atoms with Crippen molar-refractivity contribution in [2.24, 2.45) is 4.99 Å². The zero-order valence-electron chi connectivity index (χ0n) is 17.9. The van der Waals surface area contributed by atoms with Gasteiger partial charge < -0.3 is 19.9 Å². The Balaban J connectivity index is 1.95. The lowest BCUT2D eigenvalue weighted by molar-refractivity contribution is -0.127. The van der Waals surface area contributed by atoms with Crippen LogP contribution in [0.3, 0.4) is 0 Å². The molecule has 1 N–H and O–H groups in total. The fraction of sp³-hybridized carbons (Fsp3) is 0.476.